The lowest BCUT2D eigenvalue weighted by atomic mass is 10.0. The summed E-state index contributed by atoms with van der Waals surface area (Å²) in [6, 6.07) is 0. The zero-order valence-corrected chi connectivity index (χ0v) is 17.0. The van der Waals surface area contributed by atoms with Crippen molar-refractivity contribution in [1.82, 2.24) is 0 Å². The molecule has 0 heterocycles. The molecule has 0 aromatic heterocycles. The van der Waals surface area contributed by atoms with Crippen molar-refractivity contribution in [1.29, 1.82) is 0 Å². The Kier molecular flexibility index (Phi) is 21.0. The van der Waals surface area contributed by atoms with E-state index in [1.807, 2.05) is 0 Å². The summed E-state index contributed by atoms with van der Waals surface area (Å²) in [5.74, 6) is 0. The van der Waals surface area contributed by atoms with E-state index in [0.717, 1.165) is 0 Å². The molecule has 0 nitrogen and oxygen atoms in total. The number of rotatable bonds is 16. The lowest BCUT2D eigenvalue weighted by molar-refractivity contribution is 0.534. The Morgan fingerprint density at radius 1 is 0.526 bits per heavy atom. The van der Waals surface area contributed by atoms with Crippen LogP contribution < -0.4 is 0 Å². The van der Waals surface area contributed by atoms with Gasteiger partial charge < -0.3 is 18.9 Å². The molecule has 2 heteroatoms. The van der Waals surface area contributed by atoms with Gasteiger partial charge in [0.25, 0.3) is 0 Å². The van der Waals surface area contributed by atoms with Gasteiger partial charge in [0.2, 0.25) is 0 Å². The van der Waals surface area contributed by atoms with Crippen LogP contribution in [0.2, 0.25) is 4.55 Å². The normalized spacial score (nSPS) is 10.6. The first kappa shape index (κ1) is 20.5. The van der Waals surface area contributed by atoms with Crippen molar-refractivity contribution in [2.24, 2.45) is 0 Å². The van der Waals surface area contributed by atoms with E-state index in [1.54, 1.807) is 4.55 Å². The fraction of sp³-hybridized carbons (Fsp3) is 1.00. The molecule has 0 saturated carbocycles. The van der Waals surface area contributed by atoms with Crippen molar-refractivity contribution in [3.63, 3.8) is 0 Å². The van der Waals surface area contributed by atoms with E-state index in [0.29, 0.717) is 16.5 Å². The highest BCUT2D eigenvalue weighted by Gasteiger charge is 1.94. The molecule has 0 unspecified atom stereocenters. The molecule has 19 heavy (non-hydrogen) atoms. The van der Waals surface area contributed by atoms with Gasteiger partial charge in [-0.2, -0.15) is 0 Å². The minimum atomic E-state index is 0.321. The van der Waals surface area contributed by atoms with Crippen LogP contribution in [0.3, 0.4) is 0 Å². The molecular formula is C17H35IMg. The van der Waals surface area contributed by atoms with Crippen LogP contribution in [0.25, 0.3) is 0 Å². The summed E-state index contributed by atoms with van der Waals surface area (Å²) >= 11 is 2.95. The predicted molar refractivity (Wildman–Crippen MR) is 99.5 cm³/mol. The summed E-state index contributed by atoms with van der Waals surface area (Å²) in [4.78, 5) is 0. The van der Waals surface area contributed by atoms with Crippen LogP contribution >= 0.6 is 18.9 Å². The quantitative estimate of drug-likeness (QED) is 0.147. The largest absolute Gasteiger partial charge is 0.463 e. The van der Waals surface area contributed by atoms with E-state index in [-0.39, 0.29) is 0 Å². The van der Waals surface area contributed by atoms with Gasteiger partial charge in [-0.25, -0.2) is 0 Å². The molecule has 0 aliphatic heterocycles. The van der Waals surface area contributed by atoms with Crippen LogP contribution in [-0.2, 0) is 0 Å². The van der Waals surface area contributed by atoms with Gasteiger partial charge in [0.05, 0.1) is 0 Å². The fourth-order valence-corrected chi connectivity index (χ4v) is 4.80. The number of unbranched alkanes of at least 4 members (excludes halogenated alkanes) is 14. The maximum Gasteiger partial charge on any atom is 0.463 e. The van der Waals surface area contributed by atoms with Crippen molar-refractivity contribution in [3.05, 3.63) is 0 Å². The maximum atomic E-state index is 2.63. The molecule has 112 valence electrons. The third-order valence-electron chi connectivity index (χ3n) is 3.99. The molecule has 0 rings (SSSR count). The topological polar surface area (TPSA) is 0 Å². The zero-order chi connectivity index (χ0) is 14.0. The molecule has 0 atom stereocenters. The molecule has 0 spiro atoms. The summed E-state index contributed by atoms with van der Waals surface area (Å²) in [6.45, 7) is 2.30. The third-order valence-corrected chi connectivity index (χ3v) is 7.04. The van der Waals surface area contributed by atoms with E-state index < -0.39 is 0 Å². The Morgan fingerprint density at radius 2 is 0.842 bits per heavy atom. The highest BCUT2D eigenvalue weighted by atomic mass is 127. The molecular weight excluding hydrogens is 355 g/mol. The van der Waals surface area contributed by atoms with Crippen molar-refractivity contribution < 1.29 is 0 Å². The van der Waals surface area contributed by atoms with Gasteiger partial charge >= 0.3 is 16.5 Å². The van der Waals surface area contributed by atoms with Gasteiger partial charge in [-0.15, -0.1) is 4.55 Å². The summed E-state index contributed by atoms with van der Waals surface area (Å²) in [5.41, 5.74) is 0. The van der Waals surface area contributed by atoms with Crippen LogP contribution in [0.1, 0.15) is 103 Å². The monoisotopic (exact) mass is 390 g/mol. The highest BCUT2D eigenvalue weighted by molar-refractivity contribution is 14.1. The lowest BCUT2D eigenvalue weighted by Crippen LogP contribution is -1.84. The molecule has 0 aromatic carbocycles. The number of hydrogen-bond donors (Lipinski definition) is 0. The molecule has 0 amide bonds. The van der Waals surface area contributed by atoms with E-state index in [1.165, 1.54) is 96.3 Å². The molecule has 0 fully saturated rings. The lowest BCUT2D eigenvalue weighted by Gasteiger charge is -2.03. The van der Waals surface area contributed by atoms with Crippen molar-refractivity contribution in [2.45, 2.75) is 108 Å². The minimum Gasteiger partial charge on any atom is -0.301 e. The molecule has 0 bridgehead atoms. The van der Waals surface area contributed by atoms with Gasteiger partial charge in [0.1, 0.15) is 0 Å². The van der Waals surface area contributed by atoms with Gasteiger partial charge in [-0.1, -0.05) is 103 Å². The Balaban J connectivity index is 2.88. The molecule has 0 N–H and O–H groups in total. The molecule has 0 saturated heterocycles. The van der Waals surface area contributed by atoms with Gasteiger partial charge in [-0.05, 0) is 0 Å². The zero-order valence-electron chi connectivity index (χ0n) is 13.4. The van der Waals surface area contributed by atoms with Gasteiger partial charge in [0, 0.05) is 0 Å². The van der Waals surface area contributed by atoms with Crippen LogP contribution in [0, 0.1) is 0 Å². The summed E-state index contributed by atoms with van der Waals surface area (Å²) in [7, 11) is 0. The fourth-order valence-electron chi connectivity index (χ4n) is 2.64. The first-order valence-corrected chi connectivity index (χ1v) is 15.1. The Labute approximate surface area is 142 Å². The molecule has 0 aromatic rings. The maximum absolute atomic E-state index is 2.63. The predicted octanol–water partition coefficient (Wildman–Crippen LogP) is 7.33. The second kappa shape index (κ2) is 19.5. The van der Waals surface area contributed by atoms with E-state index in [2.05, 4.69) is 25.8 Å². The van der Waals surface area contributed by atoms with Crippen molar-refractivity contribution in [3.8, 4) is 0 Å². The second-order valence-electron chi connectivity index (χ2n) is 5.99. The molecule has 0 radical (unpaired) electrons. The first-order valence-electron chi connectivity index (χ1n) is 8.97. The highest BCUT2D eigenvalue weighted by Crippen LogP contribution is 2.13. The van der Waals surface area contributed by atoms with Crippen LogP contribution in [-0.4, -0.2) is 16.5 Å². The van der Waals surface area contributed by atoms with Crippen LogP contribution in [0.4, 0.5) is 0 Å². The second-order valence-corrected chi connectivity index (χ2v) is 10.3. The molecule has 0 aliphatic carbocycles. The van der Waals surface area contributed by atoms with Crippen molar-refractivity contribution >= 4 is 35.3 Å². The minimum absolute atomic E-state index is 0.321. The van der Waals surface area contributed by atoms with Crippen LogP contribution in [0.15, 0.2) is 0 Å². The summed E-state index contributed by atoms with van der Waals surface area (Å²) < 4.78 is 1.57. The van der Waals surface area contributed by atoms with E-state index >= 15 is 0 Å². The number of halogens is 1. The van der Waals surface area contributed by atoms with E-state index in [9.17, 15) is 0 Å². The van der Waals surface area contributed by atoms with Crippen molar-refractivity contribution in [2.75, 3.05) is 0 Å². The summed E-state index contributed by atoms with van der Waals surface area (Å²) in [5, 5.41) is 0. The molecule has 0 aliphatic rings. The first-order chi connectivity index (χ1) is 9.41. The van der Waals surface area contributed by atoms with E-state index in [4.69, 9.17) is 0 Å². The number of hydrogen-bond acceptors (Lipinski definition) is 0. The smallest absolute Gasteiger partial charge is 0.301 e. The van der Waals surface area contributed by atoms with Gasteiger partial charge in [0.15, 0.2) is 0 Å². The average molecular weight is 391 g/mol. The SMILES string of the molecule is CCCCCCCCCCCCCCCC[CH2][Mg][I]. The standard InChI is InChI=1S/C17H35.HI.Mg/c1-3-5-7-9-11-13-15-17-16-14-12-10-8-6-4-2;;/h1,3-17H2,2H3;1H;/q;;+1/p-1. The Morgan fingerprint density at radius 3 is 1.16 bits per heavy atom. The van der Waals surface area contributed by atoms with Crippen LogP contribution in [0.5, 0.6) is 0 Å². The Hall–Kier alpha value is 1.50. The third kappa shape index (κ3) is 19.5. The van der Waals surface area contributed by atoms with Gasteiger partial charge in [-0.3, -0.25) is 0 Å². The summed E-state index contributed by atoms with van der Waals surface area (Å²) in [6.07, 6.45) is 22.3. The average Bonchev–Trinajstić information content (AvgIpc) is 2.43. The Bertz CT molecular complexity index is 134.